The highest BCUT2D eigenvalue weighted by Crippen LogP contribution is 2.32. The summed E-state index contributed by atoms with van der Waals surface area (Å²) in [4.78, 5) is 15.4. The number of piperidine rings is 1. The Kier molecular flexibility index (Phi) is 3.95. The van der Waals surface area contributed by atoms with E-state index in [0.29, 0.717) is 6.04 Å². The van der Waals surface area contributed by atoms with E-state index >= 15 is 0 Å². The van der Waals surface area contributed by atoms with Gasteiger partial charge in [-0.2, -0.15) is 0 Å². The van der Waals surface area contributed by atoms with Crippen molar-refractivity contribution >= 4 is 27.3 Å². The van der Waals surface area contributed by atoms with Gasteiger partial charge in [0.1, 0.15) is 5.82 Å². The van der Waals surface area contributed by atoms with E-state index in [1.54, 1.807) is 6.07 Å². The Morgan fingerprint density at radius 1 is 1.48 bits per heavy atom. The molecule has 1 atom stereocenters. The predicted molar refractivity (Wildman–Crippen MR) is 84.5 cm³/mol. The van der Waals surface area contributed by atoms with Crippen LogP contribution in [0.5, 0.6) is 0 Å². The first-order valence-electron chi connectivity index (χ1n) is 7.25. The minimum absolute atomic E-state index is 0.0778. The fourth-order valence-corrected chi connectivity index (χ4v) is 4.10. The van der Waals surface area contributed by atoms with Crippen LogP contribution in [0.2, 0.25) is 0 Å². The third kappa shape index (κ3) is 2.68. The summed E-state index contributed by atoms with van der Waals surface area (Å²) in [5.41, 5.74) is 0.895. The van der Waals surface area contributed by atoms with E-state index in [0.717, 1.165) is 46.5 Å². The maximum atomic E-state index is 13.4. The molecule has 5 heteroatoms. The van der Waals surface area contributed by atoms with Crippen molar-refractivity contribution in [3.05, 3.63) is 34.5 Å². The zero-order valence-electron chi connectivity index (χ0n) is 12.3. The summed E-state index contributed by atoms with van der Waals surface area (Å²) in [6.45, 7) is 3.46. The number of carbonyl (C=O) groups excluding carboxylic acids is 1. The first kappa shape index (κ1) is 14.5. The van der Waals surface area contributed by atoms with Gasteiger partial charge >= 0.3 is 0 Å². The van der Waals surface area contributed by atoms with Crippen LogP contribution in [0.3, 0.4) is 0 Å². The predicted octanol–water partition coefficient (Wildman–Crippen LogP) is 3.17. The molecule has 2 aromatic rings. The first-order chi connectivity index (χ1) is 10.1. The number of carbonyl (C=O) groups is 1. The van der Waals surface area contributed by atoms with Gasteiger partial charge in [0.25, 0.3) is 5.91 Å². The van der Waals surface area contributed by atoms with Crippen molar-refractivity contribution < 1.29 is 9.18 Å². The number of hydrogen-bond donors (Lipinski definition) is 1. The van der Waals surface area contributed by atoms with Crippen molar-refractivity contribution in [3.63, 3.8) is 0 Å². The van der Waals surface area contributed by atoms with Crippen molar-refractivity contribution in [3.8, 4) is 0 Å². The van der Waals surface area contributed by atoms with E-state index in [4.69, 9.17) is 0 Å². The molecule has 0 saturated carbocycles. The van der Waals surface area contributed by atoms with Crippen LogP contribution in [-0.2, 0) is 0 Å². The van der Waals surface area contributed by atoms with Crippen LogP contribution < -0.4 is 5.32 Å². The van der Waals surface area contributed by atoms with Crippen molar-refractivity contribution in [1.82, 2.24) is 10.2 Å². The number of fused-ring (bicyclic) bond motifs is 1. The van der Waals surface area contributed by atoms with Gasteiger partial charge in [-0.15, -0.1) is 11.3 Å². The molecule has 3 nitrogen and oxygen atoms in total. The Labute approximate surface area is 127 Å². The number of amides is 1. The quantitative estimate of drug-likeness (QED) is 0.924. The fraction of sp³-hybridized carbons (Fsp3) is 0.438. The SMILES string of the molecule is CNC1CCCN(C(=O)c2sc3ccc(F)cc3c2C)C1. The van der Waals surface area contributed by atoms with Crippen LogP contribution in [-0.4, -0.2) is 37.0 Å². The maximum Gasteiger partial charge on any atom is 0.264 e. The highest BCUT2D eigenvalue weighted by Gasteiger charge is 2.26. The second-order valence-electron chi connectivity index (χ2n) is 5.58. The third-order valence-electron chi connectivity index (χ3n) is 4.21. The Bertz CT molecular complexity index is 682. The van der Waals surface area contributed by atoms with Crippen molar-refractivity contribution in [2.24, 2.45) is 0 Å². The largest absolute Gasteiger partial charge is 0.336 e. The molecule has 0 spiro atoms. The van der Waals surface area contributed by atoms with Gasteiger partial charge in [0, 0.05) is 23.8 Å². The van der Waals surface area contributed by atoms with Gasteiger partial charge in [0.05, 0.1) is 4.88 Å². The minimum atomic E-state index is -0.254. The Hall–Kier alpha value is -1.46. The summed E-state index contributed by atoms with van der Waals surface area (Å²) < 4.78 is 14.4. The molecule has 1 aromatic carbocycles. The van der Waals surface area contributed by atoms with E-state index < -0.39 is 0 Å². The van der Waals surface area contributed by atoms with Gasteiger partial charge in [-0.3, -0.25) is 4.79 Å². The number of thiophene rings is 1. The number of nitrogens with one attached hydrogen (secondary N) is 1. The number of nitrogens with zero attached hydrogens (tertiary/aromatic N) is 1. The standard InChI is InChI=1S/C16H19FN2OS/c1-10-13-8-11(17)5-6-14(13)21-15(10)16(20)19-7-3-4-12(9-19)18-2/h5-6,8,12,18H,3-4,7,9H2,1-2H3. The Morgan fingerprint density at radius 2 is 2.29 bits per heavy atom. The number of benzene rings is 1. The molecule has 1 aliphatic heterocycles. The van der Waals surface area contributed by atoms with Gasteiger partial charge in [-0.05, 0) is 56.0 Å². The van der Waals surface area contributed by atoms with Crippen LogP contribution >= 0.6 is 11.3 Å². The molecular weight excluding hydrogens is 287 g/mol. The van der Waals surface area contributed by atoms with Crippen LogP contribution in [0.1, 0.15) is 28.1 Å². The van der Waals surface area contributed by atoms with Gasteiger partial charge in [0.15, 0.2) is 0 Å². The summed E-state index contributed by atoms with van der Waals surface area (Å²) in [5.74, 6) is -0.176. The highest BCUT2D eigenvalue weighted by atomic mass is 32.1. The average molecular weight is 306 g/mol. The van der Waals surface area contributed by atoms with E-state index in [9.17, 15) is 9.18 Å². The molecule has 1 aliphatic rings. The summed E-state index contributed by atoms with van der Waals surface area (Å²) >= 11 is 1.46. The number of likely N-dealkylation sites (tertiary alicyclic amines) is 1. The lowest BCUT2D eigenvalue weighted by Crippen LogP contribution is -2.46. The smallest absolute Gasteiger partial charge is 0.264 e. The van der Waals surface area contributed by atoms with Gasteiger partial charge in [-0.1, -0.05) is 0 Å². The minimum Gasteiger partial charge on any atom is -0.336 e. The van der Waals surface area contributed by atoms with E-state index in [-0.39, 0.29) is 11.7 Å². The van der Waals surface area contributed by atoms with E-state index in [2.05, 4.69) is 5.32 Å². The fourth-order valence-electron chi connectivity index (χ4n) is 2.94. The lowest BCUT2D eigenvalue weighted by molar-refractivity contribution is 0.0702. The topological polar surface area (TPSA) is 32.3 Å². The lowest BCUT2D eigenvalue weighted by atomic mass is 10.1. The molecule has 0 bridgehead atoms. The first-order valence-corrected chi connectivity index (χ1v) is 8.07. The van der Waals surface area contributed by atoms with Crippen molar-refractivity contribution in [2.75, 3.05) is 20.1 Å². The molecular formula is C16H19FN2OS. The molecule has 1 unspecified atom stereocenters. The number of aryl methyl sites for hydroxylation is 1. The highest BCUT2D eigenvalue weighted by molar-refractivity contribution is 7.21. The molecule has 112 valence electrons. The summed E-state index contributed by atoms with van der Waals surface area (Å²) in [5, 5.41) is 4.10. The average Bonchev–Trinajstić information content (AvgIpc) is 2.83. The number of hydrogen-bond acceptors (Lipinski definition) is 3. The molecule has 3 rings (SSSR count). The van der Waals surface area contributed by atoms with Gasteiger partial charge in [-0.25, -0.2) is 4.39 Å². The molecule has 1 fully saturated rings. The van der Waals surface area contributed by atoms with Crippen LogP contribution in [0.25, 0.3) is 10.1 Å². The Morgan fingerprint density at radius 3 is 3.05 bits per heavy atom. The number of rotatable bonds is 2. The second-order valence-corrected chi connectivity index (χ2v) is 6.63. The third-order valence-corrected chi connectivity index (χ3v) is 5.47. The molecule has 1 amide bonds. The van der Waals surface area contributed by atoms with Crippen molar-refractivity contribution in [2.45, 2.75) is 25.8 Å². The van der Waals surface area contributed by atoms with Crippen LogP contribution in [0.4, 0.5) is 4.39 Å². The van der Waals surface area contributed by atoms with Crippen molar-refractivity contribution in [1.29, 1.82) is 0 Å². The molecule has 1 saturated heterocycles. The lowest BCUT2D eigenvalue weighted by Gasteiger charge is -2.32. The summed E-state index contributed by atoms with van der Waals surface area (Å²) in [6, 6.07) is 5.09. The zero-order chi connectivity index (χ0) is 15.0. The number of halogens is 1. The monoisotopic (exact) mass is 306 g/mol. The molecule has 21 heavy (non-hydrogen) atoms. The molecule has 2 heterocycles. The molecule has 0 radical (unpaired) electrons. The molecule has 1 N–H and O–H groups in total. The van der Waals surface area contributed by atoms with Gasteiger partial charge in [0.2, 0.25) is 0 Å². The normalized spacial score (nSPS) is 19.2. The van der Waals surface area contributed by atoms with E-state index in [1.807, 2.05) is 18.9 Å². The summed E-state index contributed by atoms with van der Waals surface area (Å²) in [6.07, 6.45) is 2.13. The second kappa shape index (κ2) is 5.73. The van der Waals surface area contributed by atoms with E-state index in [1.165, 1.54) is 23.5 Å². The van der Waals surface area contributed by atoms with Crippen LogP contribution in [0.15, 0.2) is 18.2 Å². The van der Waals surface area contributed by atoms with Crippen LogP contribution in [0, 0.1) is 12.7 Å². The maximum absolute atomic E-state index is 13.4. The number of likely N-dealkylation sites (N-methyl/N-ethyl adjacent to an activating group) is 1. The molecule has 1 aromatic heterocycles. The zero-order valence-corrected chi connectivity index (χ0v) is 13.1. The van der Waals surface area contributed by atoms with Gasteiger partial charge < -0.3 is 10.2 Å². The Balaban J connectivity index is 1.92. The molecule has 0 aliphatic carbocycles. The summed E-state index contributed by atoms with van der Waals surface area (Å²) in [7, 11) is 1.94.